The fourth-order valence-electron chi connectivity index (χ4n) is 3.23. The number of rotatable bonds is 4. The van der Waals surface area contributed by atoms with Crippen LogP contribution in [0.1, 0.15) is 32.1 Å². The maximum Gasteiger partial charge on any atom is 0.208 e. The van der Waals surface area contributed by atoms with Crippen molar-refractivity contribution in [2.24, 2.45) is 5.92 Å². The van der Waals surface area contributed by atoms with Crippen molar-refractivity contribution in [2.45, 2.75) is 37.7 Å². The van der Waals surface area contributed by atoms with Gasteiger partial charge in [-0.25, -0.2) is 13.1 Å². The Morgan fingerprint density at radius 1 is 1.39 bits per heavy atom. The molecular weight excluding hydrogens is 252 g/mol. The van der Waals surface area contributed by atoms with Crippen LogP contribution >= 0.6 is 0 Å². The second-order valence-electron chi connectivity index (χ2n) is 5.76. The molecule has 0 aromatic rings. The zero-order valence-corrected chi connectivity index (χ0v) is 11.9. The van der Waals surface area contributed by atoms with E-state index in [1.807, 2.05) is 0 Å². The highest BCUT2D eigenvalue weighted by Crippen LogP contribution is 2.39. The van der Waals surface area contributed by atoms with Crippen LogP contribution < -0.4 is 4.72 Å². The van der Waals surface area contributed by atoms with Crippen molar-refractivity contribution < 1.29 is 13.5 Å². The molecular formula is C12H24N2O3S. The van der Waals surface area contributed by atoms with Gasteiger partial charge >= 0.3 is 0 Å². The van der Waals surface area contributed by atoms with Crippen LogP contribution in [0.2, 0.25) is 0 Å². The van der Waals surface area contributed by atoms with Crippen LogP contribution in [-0.4, -0.2) is 56.5 Å². The maximum atomic E-state index is 11.0. The summed E-state index contributed by atoms with van der Waals surface area (Å²) in [5, 5.41) is 10.5. The third-order valence-corrected chi connectivity index (χ3v) is 5.03. The molecule has 6 heteroatoms. The summed E-state index contributed by atoms with van der Waals surface area (Å²) in [6.45, 7) is 2.98. The summed E-state index contributed by atoms with van der Waals surface area (Å²) >= 11 is 0. The Bertz CT molecular complexity index is 385. The lowest BCUT2D eigenvalue weighted by molar-refractivity contribution is -0.0948. The second kappa shape index (κ2) is 5.45. The number of sulfonamides is 1. The molecule has 1 saturated heterocycles. The number of hydrogen-bond acceptors (Lipinski definition) is 4. The van der Waals surface area contributed by atoms with Crippen molar-refractivity contribution in [3.8, 4) is 0 Å². The molecule has 106 valence electrons. The molecule has 1 aliphatic carbocycles. The van der Waals surface area contributed by atoms with Gasteiger partial charge in [-0.3, -0.25) is 0 Å². The van der Waals surface area contributed by atoms with Gasteiger partial charge in [0, 0.05) is 32.1 Å². The largest absolute Gasteiger partial charge is 0.390 e. The molecule has 0 radical (unpaired) electrons. The number of aliphatic hydroxyl groups is 1. The van der Waals surface area contributed by atoms with Crippen LogP contribution in [-0.2, 0) is 10.0 Å². The fourth-order valence-corrected chi connectivity index (χ4v) is 3.69. The average Bonchev–Trinajstić information content (AvgIpc) is 2.27. The normalized spacial score (nSPS) is 34.2. The summed E-state index contributed by atoms with van der Waals surface area (Å²) in [6.07, 6.45) is 6.41. The molecule has 18 heavy (non-hydrogen) atoms. The lowest BCUT2D eigenvalue weighted by Gasteiger charge is -2.47. The summed E-state index contributed by atoms with van der Waals surface area (Å²) in [5.74, 6) is 0.373. The zero-order valence-electron chi connectivity index (χ0n) is 11.1. The zero-order chi connectivity index (χ0) is 13.2. The van der Waals surface area contributed by atoms with Crippen molar-refractivity contribution in [2.75, 3.05) is 32.4 Å². The lowest BCUT2D eigenvalue weighted by atomic mass is 9.71. The molecule has 2 atom stereocenters. The van der Waals surface area contributed by atoms with E-state index in [2.05, 4.69) is 9.62 Å². The quantitative estimate of drug-likeness (QED) is 0.767. The first-order chi connectivity index (χ1) is 8.39. The molecule has 2 aliphatic rings. The van der Waals surface area contributed by atoms with Crippen molar-refractivity contribution in [1.29, 1.82) is 0 Å². The minimum Gasteiger partial charge on any atom is -0.390 e. The highest BCUT2D eigenvalue weighted by Gasteiger charge is 2.42. The van der Waals surface area contributed by atoms with E-state index in [1.54, 1.807) is 0 Å². The van der Waals surface area contributed by atoms with E-state index < -0.39 is 15.6 Å². The van der Waals surface area contributed by atoms with Crippen LogP contribution in [0.3, 0.4) is 0 Å². The minimum absolute atomic E-state index is 0.373. The number of nitrogens with zero attached hydrogens (tertiary/aromatic N) is 1. The van der Waals surface area contributed by atoms with Gasteiger partial charge in [0.05, 0.1) is 11.9 Å². The summed E-state index contributed by atoms with van der Waals surface area (Å²) < 4.78 is 24.5. The van der Waals surface area contributed by atoms with Gasteiger partial charge in [-0.1, -0.05) is 12.8 Å². The molecule has 0 amide bonds. The molecule has 1 aliphatic heterocycles. The van der Waals surface area contributed by atoms with Crippen molar-refractivity contribution in [3.63, 3.8) is 0 Å². The highest BCUT2D eigenvalue weighted by molar-refractivity contribution is 7.88. The Morgan fingerprint density at radius 2 is 2.17 bits per heavy atom. The van der Waals surface area contributed by atoms with E-state index >= 15 is 0 Å². The van der Waals surface area contributed by atoms with Crippen LogP contribution in [0, 0.1) is 5.92 Å². The molecule has 0 aromatic heterocycles. The van der Waals surface area contributed by atoms with E-state index in [0.29, 0.717) is 12.5 Å². The molecule has 2 rings (SSSR count). The van der Waals surface area contributed by atoms with Crippen LogP contribution in [0.5, 0.6) is 0 Å². The Labute approximate surface area is 110 Å². The maximum absolute atomic E-state index is 11.0. The van der Waals surface area contributed by atoms with Crippen LogP contribution in [0.15, 0.2) is 0 Å². The SMILES string of the molecule is CS(=O)(=O)NCCN1CCC2(O)CCCCC2C1. The number of piperidine rings is 1. The van der Waals surface area contributed by atoms with E-state index in [4.69, 9.17) is 0 Å². The topological polar surface area (TPSA) is 69.6 Å². The Morgan fingerprint density at radius 3 is 2.89 bits per heavy atom. The van der Waals surface area contributed by atoms with Gasteiger partial charge in [-0.05, 0) is 19.3 Å². The smallest absolute Gasteiger partial charge is 0.208 e. The van der Waals surface area contributed by atoms with Gasteiger partial charge in [0.2, 0.25) is 10.0 Å². The van der Waals surface area contributed by atoms with Crippen molar-refractivity contribution >= 4 is 10.0 Å². The van der Waals surface area contributed by atoms with Crippen molar-refractivity contribution in [1.82, 2.24) is 9.62 Å². The third-order valence-electron chi connectivity index (χ3n) is 4.30. The van der Waals surface area contributed by atoms with Crippen molar-refractivity contribution in [3.05, 3.63) is 0 Å². The molecule has 1 saturated carbocycles. The fraction of sp³-hybridized carbons (Fsp3) is 1.00. The van der Waals surface area contributed by atoms with E-state index in [0.717, 1.165) is 45.3 Å². The highest BCUT2D eigenvalue weighted by atomic mass is 32.2. The van der Waals surface area contributed by atoms with Crippen LogP contribution in [0.25, 0.3) is 0 Å². The molecule has 5 nitrogen and oxygen atoms in total. The molecule has 0 spiro atoms. The average molecular weight is 276 g/mol. The first kappa shape index (κ1) is 14.2. The number of nitrogens with one attached hydrogen (secondary N) is 1. The molecule has 2 N–H and O–H groups in total. The molecule has 0 bridgehead atoms. The summed E-state index contributed by atoms with van der Waals surface area (Å²) in [4.78, 5) is 2.27. The van der Waals surface area contributed by atoms with E-state index in [-0.39, 0.29) is 0 Å². The number of fused-ring (bicyclic) bond motifs is 1. The minimum atomic E-state index is -3.09. The standard InChI is InChI=1S/C12H24N2O3S/c1-18(16,17)13-7-9-14-8-6-12(15)5-3-2-4-11(12)10-14/h11,13,15H,2-10H2,1H3. The first-order valence-electron chi connectivity index (χ1n) is 6.78. The van der Waals surface area contributed by atoms with E-state index in [1.165, 1.54) is 12.7 Å². The second-order valence-corrected chi connectivity index (χ2v) is 7.60. The first-order valence-corrected chi connectivity index (χ1v) is 8.68. The van der Waals surface area contributed by atoms with Gasteiger partial charge in [0.1, 0.15) is 0 Å². The number of likely N-dealkylation sites (tertiary alicyclic amines) is 1. The van der Waals surface area contributed by atoms with Gasteiger partial charge in [-0.2, -0.15) is 0 Å². The van der Waals surface area contributed by atoms with E-state index in [9.17, 15) is 13.5 Å². The molecule has 2 fully saturated rings. The van der Waals surface area contributed by atoms with Gasteiger partial charge in [0.25, 0.3) is 0 Å². The Hall–Kier alpha value is -0.170. The van der Waals surface area contributed by atoms with Gasteiger partial charge < -0.3 is 10.0 Å². The Kier molecular flexibility index (Phi) is 4.31. The van der Waals surface area contributed by atoms with Crippen LogP contribution in [0.4, 0.5) is 0 Å². The molecule has 1 heterocycles. The summed E-state index contributed by atoms with van der Waals surface area (Å²) in [6, 6.07) is 0. The summed E-state index contributed by atoms with van der Waals surface area (Å²) in [5.41, 5.74) is -0.445. The summed E-state index contributed by atoms with van der Waals surface area (Å²) in [7, 11) is -3.09. The predicted molar refractivity (Wildman–Crippen MR) is 70.8 cm³/mol. The number of hydrogen-bond donors (Lipinski definition) is 2. The predicted octanol–water partition coefficient (Wildman–Crippen LogP) is 0.163. The van der Waals surface area contributed by atoms with Gasteiger partial charge in [-0.15, -0.1) is 0 Å². The molecule has 0 aromatic carbocycles. The molecule has 2 unspecified atom stereocenters. The third kappa shape index (κ3) is 3.66. The lowest BCUT2D eigenvalue weighted by Crippen LogP contribution is -2.54. The Balaban J connectivity index is 1.80. The monoisotopic (exact) mass is 276 g/mol. The van der Waals surface area contributed by atoms with Gasteiger partial charge in [0.15, 0.2) is 0 Å².